The third-order valence-corrected chi connectivity index (χ3v) is 5.44. The van der Waals surface area contributed by atoms with Crippen molar-refractivity contribution in [1.82, 2.24) is 4.98 Å². The van der Waals surface area contributed by atoms with E-state index in [9.17, 15) is 4.79 Å². The van der Waals surface area contributed by atoms with Gasteiger partial charge in [0.15, 0.2) is 4.34 Å². The van der Waals surface area contributed by atoms with E-state index in [1.54, 1.807) is 11.3 Å². The van der Waals surface area contributed by atoms with E-state index in [-0.39, 0.29) is 5.91 Å². The Balaban J connectivity index is 1.84. The van der Waals surface area contributed by atoms with Gasteiger partial charge in [-0.2, -0.15) is 0 Å². The Morgan fingerprint density at radius 3 is 2.67 bits per heavy atom. The van der Waals surface area contributed by atoms with Crippen molar-refractivity contribution < 1.29 is 4.79 Å². The van der Waals surface area contributed by atoms with Crippen molar-refractivity contribution in [3.8, 4) is 0 Å². The van der Waals surface area contributed by atoms with Crippen LogP contribution in [0.1, 0.15) is 37.4 Å². The molecule has 1 aromatic heterocycles. The first-order valence-electron chi connectivity index (χ1n) is 7.03. The van der Waals surface area contributed by atoms with E-state index in [4.69, 9.17) is 0 Å². The molecule has 1 amide bonds. The van der Waals surface area contributed by atoms with Crippen LogP contribution in [0.5, 0.6) is 0 Å². The molecule has 0 saturated heterocycles. The molecule has 0 aliphatic heterocycles. The van der Waals surface area contributed by atoms with E-state index in [1.165, 1.54) is 17.3 Å². The molecule has 1 unspecified atom stereocenters. The van der Waals surface area contributed by atoms with Crippen molar-refractivity contribution in [2.75, 3.05) is 11.1 Å². The average molecular weight is 320 g/mol. The van der Waals surface area contributed by atoms with Gasteiger partial charge < -0.3 is 5.32 Å². The lowest BCUT2D eigenvalue weighted by Crippen LogP contribution is -2.13. The third kappa shape index (κ3) is 4.86. The number of nitrogens with one attached hydrogen (secondary N) is 1. The lowest BCUT2D eigenvalue weighted by Gasteiger charge is -2.10. The topological polar surface area (TPSA) is 42.0 Å². The number of carbonyl (C=O) groups excluding carboxylic acids is 1. The number of thiazole rings is 1. The van der Waals surface area contributed by atoms with E-state index in [2.05, 4.69) is 36.3 Å². The molecule has 3 nitrogen and oxygen atoms in total. The van der Waals surface area contributed by atoms with Crippen molar-refractivity contribution in [1.29, 1.82) is 0 Å². The summed E-state index contributed by atoms with van der Waals surface area (Å²) in [7, 11) is 0. The number of hydrogen-bond donors (Lipinski definition) is 1. The van der Waals surface area contributed by atoms with Gasteiger partial charge >= 0.3 is 0 Å². The number of hydrogen-bond acceptors (Lipinski definition) is 4. The minimum atomic E-state index is 0.00384. The molecule has 0 bridgehead atoms. The minimum Gasteiger partial charge on any atom is -0.325 e. The van der Waals surface area contributed by atoms with Crippen LogP contribution in [-0.4, -0.2) is 16.6 Å². The lowest BCUT2D eigenvalue weighted by atomic mass is 9.99. The number of aromatic nitrogens is 1. The standard InChI is InChI=1S/C16H20N2OS2/c1-4-11(2)13-5-7-14(8-6-13)18-15(19)10-21-16-17-12(3)9-20-16/h5-9,11H,4,10H2,1-3H3,(H,18,19). The zero-order valence-corrected chi connectivity index (χ0v) is 14.2. The van der Waals surface area contributed by atoms with Crippen molar-refractivity contribution in [3.63, 3.8) is 0 Å². The summed E-state index contributed by atoms with van der Waals surface area (Å²) in [6.45, 7) is 6.34. The molecule has 1 heterocycles. The molecule has 5 heteroatoms. The Morgan fingerprint density at radius 2 is 2.10 bits per heavy atom. The minimum absolute atomic E-state index is 0.00384. The molecule has 112 valence electrons. The van der Waals surface area contributed by atoms with Crippen molar-refractivity contribution in [3.05, 3.63) is 40.9 Å². The SMILES string of the molecule is CCC(C)c1ccc(NC(=O)CSc2nc(C)cs2)cc1. The first-order chi connectivity index (χ1) is 10.1. The molecule has 1 atom stereocenters. The Labute approximate surface area is 134 Å². The highest BCUT2D eigenvalue weighted by atomic mass is 32.2. The summed E-state index contributed by atoms with van der Waals surface area (Å²) in [6, 6.07) is 8.11. The van der Waals surface area contributed by atoms with Crippen LogP contribution in [0, 0.1) is 6.92 Å². The zero-order valence-electron chi connectivity index (χ0n) is 12.6. The summed E-state index contributed by atoms with van der Waals surface area (Å²) < 4.78 is 0.940. The number of rotatable bonds is 6. The van der Waals surface area contributed by atoms with Gasteiger partial charge in [0, 0.05) is 16.8 Å². The van der Waals surface area contributed by atoms with Gasteiger partial charge in [-0.1, -0.05) is 37.7 Å². The van der Waals surface area contributed by atoms with Crippen LogP contribution in [0.4, 0.5) is 5.69 Å². The highest BCUT2D eigenvalue weighted by molar-refractivity contribution is 8.01. The van der Waals surface area contributed by atoms with Crippen LogP contribution >= 0.6 is 23.1 Å². The van der Waals surface area contributed by atoms with Crippen LogP contribution in [0.3, 0.4) is 0 Å². The molecule has 0 aliphatic carbocycles. The van der Waals surface area contributed by atoms with Gasteiger partial charge in [-0.25, -0.2) is 4.98 Å². The van der Waals surface area contributed by atoms with Crippen LogP contribution in [0.15, 0.2) is 34.0 Å². The fraction of sp³-hybridized carbons (Fsp3) is 0.375. The van der Waals surface area contributed by atoms with Gasteiger partial charge in [-0.3, -0.25) is 4.79 Å². The Morgan fingerprint density at radius 1 is 1.38 bits per heavy atom. The van der Waals surface area contributed by atoms with E-state index in [0.29, 0.717) is 11.7 Å². The summed E-state index contributed by atoms with van der Waals surface area (Å²) in [5, 5.41) is 4.91. The average Bonchev–Trinajstić information content (AvgIpc) is 2.91. The summed E-state index contributed by atoms with van der Waals surface area (Å²) in [6.07, 6.45) is 1.12. The Bertz CT molecular complexity index is 593. The zero-order chi connectivity index (χ0) is 15.2. The van der Waals surface area contributed by atoms with Crippen molar-refractivity contribution in [2.45, 2.75) is 37.4 Å². The number of anilines is 1. The number of carbonyl (C=O) groups is 1. The summed E-state index contributed by atoms with van der Waals surface area (Å²) >= 11 is 3.05. The second kappa shape index (κ2) is 7.61. The van der Waals surface area contributed by atoms with Crippen LogP contribution in [-0.2, 0) is 4.79 Å². The fourth-order valence-corrected chi connectivity index (χ4v) is 3.50. The summed E-state index contributed by atoms with van der Waals surface area (Å²) in [4.78, 5) is 16.2. The Hall–Kier alpha value is -1.33. The maximum absolute atomic E-state index is 11.9. The van der Waals surface area contributed by atoms with Gasteiger partial charge in [0.1, 0.15) is 0 Å². The quantitative estimate of drug-likeness (QED) is 0.785. The van der Waals surface area contributed by atoms with Gasteiger partial charge in [-0.15, -0.1) is 11.3 Å². The van der Waals surface area contributed by atoms with Crippen LogP contribution in [0.25, 0.3) is 0 Å². The number of thioether (sulfide) groups is 1. The number of benzene rings is 1. The molecule has 1 N–H and O–H groups in total. The normalized spacial score (nSPS) is 12.1. The van der Waals surface area contributed by atoms with E-state index >= 15 is 0 Å². The predicted molar refractivity (Wildman–Crippen MR) is 91.4 cm³/mol. The molecule has 1 aromatic carbocycles. The molecular formula is C16H20N2OS2. The molecule has 0 radical (unpaired) electrons. The highest BCUT2D eigenvalue weighted by Crippen LogP contribution is 2.23. The molecule has 2 rings (SSSR count). The molecule has 0 fully saturated rings. The van der Waals surface area contributed by atoms with Crippen LogP contribution < -0.4 is 5.32 Å². The molecular weight excluding hydrogens is 300 g/mol. The maximum Gasteiger partial charge on any atom is 0.234 e. The summed E-state index contributed by atoms with van der Waals surface area (Å²) in [5.74, 6) is 0.947. The molecule has 0 aliphatic rings. The monoisotopic (exact) mass is 320 g/mol. The molecule has 0 spiro atoms. The predicted octanol–water partition coefficient (Wildman–Crippen LogP) is 4.70. The largest absolute Gasteiger partial charge is 0.325 e. The van der Waals surface area contributed by atoms with Gasteiger partial charge in [-0.05, 0) is 37.0 Å². The number of aryl methyl sites for hydroxylation is 1. The Kier molecular flexibility index (Phi) is 5.82. The van der Waals surface area contributed by atoms with Gasteiger partial charge in [0.05, 0.1) is 5.75 Å². The molecule has 2 aromatic rings. The third-order valence-electron chi connectivity index (χ3n) is 3.30. The maximum atomic E-state index is 11.9. The molecule has 21 heavy (non-hydrogen) atoms. The van der Waals surface area contributed by atoms with E-state index in [1.807, 2.05) is 24.4 Å². The number of nitrogens with zero attached hydrogens (tertiary/aromatic N) is 1. The highest BCUT2D eigenvalue weighted by Gasteiger charge is 2.07. The van der Waals surface area contributed by atoms with Crippen LogP contribution in [0.2, 0.25) is 0 Å². The van der Waals surface area contributed by atoms with E-state index in [0.717, 1.165) is 22.1 Å². The van der Waals surface area contributed by atoms with Crippen molar-refractivity contribution in [2.24, 2.45) is 0 Å². The smallest absolute Gasteiger partial charge is 0.234 e. The van der Waals surface area contributed by atoms with Crippen molar-refractivity contribution >= 4 is 34.7 Å². The summed E-state index contributed by atoms with van der Waals surface area (Å²) in [5.41, 5.74) is 3.16. The fourth-order valence-electron chi connectivity index (χ4n) is 1.85. The first kappa shape index (κ1) is 16.0. The second-order valence-electron chi connectivity index (χ2n) is 5.02. The number of amides is 1. The van der Waals surface area contributed by atoms with E-state index < -0.39 is 0 Å². The molecule has 0 saturated carbocycles. The first-order valence-corrected chi connectivity index (χ1v) is 8.89. The van der Waals surface area contributed by atoms with Gasteiger partial charge in [0.2, 0.25) is 5.91 Å². The lowest BCUT2D eigenvalue weighted by molar-refractivity contribution is -0.113. The second-order valence-corrected chi connectivity index (χ2v) is 7.10. The van der Waals surface area contributed by atoms with Gasteiger partial charge in [0.25, 0.3) is 0 Å².